The summed E-state index contributed by atoms with van der Waals surface area (Å²) in [6.45, 7) is 1.69. The molecule has 2 aromatic rings. The smallest absolute Gasteiger partial charge is 0.358 e. The van der Waals surface area contributed by atoms with Gasteiger partial charge in [-0.2, -0.15) is 8.78 Å². The number of esters is 1. The van der Waals surface area contributed by atoms with Gasteiger partial charge in [-0.1, -0.05) is 30.3 Å². The first-order valence-corrected chi connectivity index (χ1v) is 6.66. The predicted molar refractivity (Wildman–Crippen MR) is 72.9 cm³/mol. The topological polar surface area (TPSA) is 39.4 Å². The van der Waals surface area contributed by atoms with Crippen LogP contribution < -0.4 is 0 Å². The molecule has 0 bridgehead atoms. The minimum Gasteiger partial charge on any atom is -0.462 e. The lowest BCUT2D eigenvalue weighted by Gasteiger charge is -2.07. The Morgan fingerprint density at radius 1 is 1.35 bits per heavy atom. The average Bonchev–Trinajstić information content (AvgIpc) is 2.85. The first kappa shape index (κ1) is 14.7. The van der Waals surface area contributed by atoms with Gasteiger partial charge in [0.1, 0.15) is 11.3 Å². The van der Waals surface area contributed by atoms with Gasteiger partial charge in [0.2, 0.25) is 0 Å². The molecule has 0 fully saturated rings. The van der Waals surface area contributed by atoms with Crippen LogP contribution in [0.4, 0.5) is 8.78 Å². The van der Waals surface area contributed by atoms with E-state index in [4.69, 9.17) is 9.15 Å². The zero-order chi connectivity index (χ0) is 14.8. The van der Waals surface area contributed by atoms with Crippen LogP contribution in [-0.2, 0) is 9.57 Å². The molecule has 1 aromatic carbocycles. The fourth-order valence-corrected chi connectivity index (χ4v) is 2.00. The van der Waals surface area contributed by atoms with Crippen molar-refractivity contribution in [2.24, 2.45) is 0 Å². The first-order chi connectivity index (χ1) is 9.43. The zero-order valence-electron chi connectivity index (χ0n) is 10.5. The van der Waals surface area contributed by atoms with Crippen LogP contribution >= 0.6 is 15.9 Å². The molecule has 0 N–H and O–H groups in total. The fourth-order valence-electron chi connectivity index (χ4n) is 1.71. The third-order valence-electron chi connectivity index (χ3n) is 2.54. The highest BCUT2D eigenvalue weighted by Gasteiger charge is 2.38. The molecule has 20 heavy (non-hydrogen) atoms. The number of rotatable bonds is 4. The molecule has 0 saturated heterocycles. The maximum Gasteiger partial charge on any atom is 0.358 e. The molecule has 1 heterocycles. The number of hydrogen-bond donors (Lipinski definition) is 0. The number of alkyl halides is 3. The van der Waals surface area contributed by atoms with Crippen LogP contribution in [0.15, 0.2) is 40.8 Å². The van der Waals surface area contributed by atoms with Crippen molar-refractivity contribution in [3.05, 3.63) is 47.7 Å². The van der Waals surface area contributed by atoms with Gasteiger partial charge < -0.3 is 9.15 Å². The Bertz CT molecular complexity index is 603. The second-order valence-electron chi connectivity index (χ2n) is 3.94. The van der Waals surface area contributed by atoms with Crippen LogP contribution in [-0.4, -0.2) is 12.6 Å². The molecule has 1 aromatic heterocycles. The van der Waals surface area contributed by atoms with E-state index in [9.17, 15) is 13.6 Å². The highest BCUT2D eigenvalue weighted by atomic mass is 79.9. The van der Waals surface area contributed by atoms with Crippen LogP contribution in [0.1, 0.15) is 23.0 Å². The van der Waals surface area contributed by atoms with Crippen LogP contribution in [0.5, 0.6) is 0 Å². The third-order valence-corrected chi connectivity index (χ3v) is 2.90. The van der Waals surface area contributed by atoms with Gasteiger partial charge in [0, 0.05) is 5.56 Å². The summed E-state index contributed by atoms with van der Waals surface area (Å²) in [6, 6.07) is 9.94. The molecule has 0 aliphatic heterocycles. The molecule has 0 aliphatic rings. The number of hydrogen-bond acceptors (Lipinski definition) is 3. The normalized spacial score (nSPS) is 11.4. The highest BCUT2D eigenvalue weighted by Crippen LogP contribution is 2.40. The van der Waals surface area contributed by atoms with Gasteiger partial charge in [-0.3, -0.25) is 0 Å². The van der Waals surface area contributed by atoms with Crippen molar-refractivity contribution >= 4 is 21.9 Å². The number of furan rings is 1. The van der Waals surface area contributed by atoms with E-state index in [1.54, 1.807) is 37.3 Å². The Hall–Kier alpha value is -1.69. The summed E-state index contributed by atoms with van der Waals surface area (Å²) in [7, 11) is 0. The van der Waals surface area contributed by atoms with Crippen molar-refractivity contribution in [1.82, 2.24) is 0 Å². The molecular formula is C14H11BrF2O3. The Morgan fingerprint density at radius 2 is 2.00 bits per heavy atom. The standard InChI is InChI=1S/C14H11BrF2O3/c1-2-19-13(18)10-8-11(9-6-4-3-5-7-9)20-12(10)14(15,16)17/h3-8H,2H2,1H3. The Kier molecular flexibility index (Phi) is 4.23. The number of carbonyl (C=O) groups is 1. The highest BCUT2D eigenvalue weighted by molar-refractivity contribution is 9.09. The summed E-state index contributed by atoms with van der Waals surface area (Å²) in [5.74, 6) is -1.41. The van der Waals surface area contributed by atoms with E-state index in [1.165, 1.54) is 6.07 Å². The largest absolute Gasteiger partial charge is 0.462 e. The number of halogens is 3. The second-order valence-corrected chi connectivity index (χ2v) is 4.93. The summed E-state index contributed by atoms with van der Waals surface area (Å²) in [5, 5.41) is 0. The van der Waals surface area contributed by atoms with E-state index in [1.807, 2.05) is 0 Å². The van der Waals surface area contributed by atoms with E-state index < -0.39 is 16.6 Å². The summed E-state index contributed by atoms with van der Waals surface area (Å²) in [4.78, 5) is 8.28. The lowest BCUT2D eigenvalue weighted by atomic mass is 10.1. The predicted octanol–water partition coefficient (Wildman–Crippen LogP) is 4.57. The Balaban J connectivity index is 2.50. The molecule has 0 unspecified atom stereocenters. The van der Waals surface area contributed by atoms with Gasteiger partial charge in [0.15, 0.2) is 5.76 Å². The maximum absolute atomic E-state index is 13.5. The van der Waals surface area contributed by atoms with Crippen molar-refractivity contribution in [1.29, 1.82) is 0 Å². The molecular weight excluding hydrogens is 334 g/mol. The molecule has 0 radical (unpaired) electrons. The lowest BCUT2D eigenvalue weighted by Crippen LogP contribution is -2.11. The number of ether oxygens (including phenoxy) is 1. The quantitative estimate of drug-likeness (QED) is 0.602. The van der Waals surface area contributed by atoms with E-state index in [0.29, 0.717) is 5.56 Å². The van der Waals surface area contributed by atoms with Gasteiger partial charge in [0.25, 0.3) is 0 Å². The van der Waals surface area contributed by atoms with E-state index >= 15 is 0 Å². The molecule has 0 saturated carbocycles. The zero-order valence-corrected chi connectivity index (χ0v) is 12.1. The van der Waals surface area contributed by atoms with Crippen LogP contribution in [0.3, 0.4) is 0 Å². The molecule has 3 nitrogen and oxygen atoms in total. The van der Waals surface area contributed by atoms with Crippen LogP contribution in [0.25, 0.3) is 11.3 Å². The van der Waals surface area contributed by atoms with Crippen LogP contribution in [0.2, 0.25) is 0 Å². The SMILES string of the molecule is CCOC(=O)c1cc(-c2ccccc2)oc1C(F)(F)Br. The summed E-state index contributed by atoms with van der Waals surface area (Å²) < 4.78 is 36.8. The Labute approximate surface area is 122 Å². The summed E-state index contributed by atoms with van der Waals surface area (Å²) in [5.41, 5.74) is 0.314. The Morgan fingerprint density at radius 3 is 2.55 bits per heavy atom. The van der Waals surface area contributed by atoms with Crippen molar-refractivity contribution in [3.63, 3.8) is 0 Å². The molecule has 106 valence electrons. The van der Waals surface area contributed by atoms with Gasteiger partial charge in [-0.15, -0.1) is 0 Å². The summed E-state index contributed by atoms with van der Waals surface area (Å²) >= 11 is 2.21. The number of carbonyl (C=O) groups excluding carboxylic acids is 1. The fraction of sp³-hybridized carbons (Fsp3) is 0.214. The van der Waals surface area contributed by atoms with E-state index in [-0.39, 0.29) is 17.9 Å². The minimum atomic E-state index is -3.44. The van der Waals surface area contributed by atoms with E-state index in [2.05, 4.69) is 15.9 Å². The lowest BCUT2D eigenvalue weighted by molar-refractivity contribution is 0.0489. The van der Waals surface area contributed by atoms with Gasteiger partial charge in [0.05, 0.1) is 6.61 Å². The molecule has 6 heteroatoms. The number of benzene rings is 1. The maximum atomic E-state index is 13.5. The van der Waals surface area contributed by atoms with E-state index in [0.717, 1.165) is 0 Å². The third kappa shape index (κ3) is 3.07. The van der Waals surface area contributed by atoms with Crippen LogP contribution in [0, 0.1) is 0 Å². The van der Waals surface area contributed by atoms with Crippen molar-refractivity contribution in [2.75, 3.05) is 6.61 Å². The second kappa shape index (κ2) is 5.75. The van der Waals surface area contributed by atoms with Gasteiger partial charge in [-0.05, 0) is 28.9 Å². The first-order valence-electron chi connectivity index (χ1n) is 5.87. The molecule has 0 spiro atoms. The molecule has 0 aliphatic carbocycles. The van der Waals surface area contributed by atoms with Gasteiger partial charge in [-0.25, -0.2) is 4.79 Å². The average molecular weight is 345 g/mol. The molecule has 0 amide bonds. The monoisotopic (exact) mass is 344 g/mol. The van der Waals surface area contributed by atoms with Crippen molar-refractivity contribution < 1.29 is 22.7 Å². The van der Waals surface area contributed by atoms with Crippen molar-refractivity contribution in [2.45, 2.75) is 11.8 Å². The molecule has 0 atom stereocenters. The minimum absolute atomic E-state index is 0.0952. The summed E-state index contributed by atoms with van der Waals surface area (Å²) in [6.07, 6.45) is 0. The van der Waals surface area contributed by atoms with Crippen molar-refractivity contribution in [3.8, 4) is 11.3 Å². The molecule has 2 rings (SSSR count). The van der Waals surface area contributed by atoms with Gasteiger partial charge >= 0.3 is 10.8 Å².